The molecule has 10 heteroatoms. The highest BCUT2D eigenvalue weighted by atomic mass is 32.2. The Labute approximate surface area is 194 Å². The largest absolute Gasteiger partial charge is 0.402 e. The van der Waals surface area contributed by atoms with Crippen LogP contribution in [0.15, 0.2) is 29.2 Å². The van der Waals surface area contributed by atoms with E-state index in [1.54, 1.807) is 19.1 Å². The van der Waals surface area contributed by atoms with Crippen molar-refractivity contribution in [3.05, 3.63) is 29.8 Å². The zero-order valence-electron chi connectivity index (χ0n) is 19.5. The number of piperazine rings is 1. The molecule has 0 unspecified atom stereocenters. The number of rotatable bonds is 6. The number of nitrogens with zero attached hydrogens (tertiary/aromatic N) is 3. The number of carbonyl (C=O) groups excluding carboxylic acids is 1. The molecule has 1 aromatic rings. The summed E-state index contributed by atoms with van der Waals surface area (Å²) >= 11 is 0. The lowest BCUT2D eigenvalue weighted by Gasteiger charge is -2.40. The van der Waals surface area contributed by atoms with Crippen LogP contribution in [0.2, 0.25) is 0 Å². The van der Waals surface area contributed by atoms with Crippen molar-refractivity contribution in [1.29, 1.82) is 0 Å². The predicted octanol–water partition coefficient (Wildman–Crippen LogP) is 3.66. The quantitative estimate of drug-likeness (QED) is 0.612. The van der Waals surface area contributed by atoms with Crippen LogP contribution in [0.5, 0.6) is 0 Å². The molecule has 1 heterocycles. The van der Waals surface area contributed by atoms with Crippen molar-refractivity contribution in [3.8, 4) is 0 Å². The van der Waals surface area contributed by atoms with Gasteiger partial charge >= 0.3 is 6.18 Å². The summed E-state index contributed by atoms with van der Waals surface area (Å²) < 4.78 is 67.2. The zero-order chi connectivity index (χ0) is 24.4. The Morgan fingerprint density at radius 2 is 1.64 bits per heavy atom. The molecule has 0 atom stereocenters. The fourth-order valence-electron chi connectivity index (χ4n) is 4.89. The first kappa shape index (κ1) is 26.0. The third-order valence-electron chi connectivity index (χ3n) is 6.82. The molecular formula is C23H34F3N3O3S. The van der Waals surface area contributed by atoms with E-state index in [1.807, 2.05) is 4.90 Å². The number of carbonyl (C=O) groups is 1. The molecule has 1 aliphatic carbocycles. The Hall–Kier alpha value is -1.65. The standard InChI is InChI=1S/C23H34F3N3O3S/c1-17(2)27-12-14-28(15-13-27)22(30)19-8-10-20(11-9-19)29(16-23(24,25)26)33(31,32)21-7-5-4-6-18(21)3/h4-7,17,19-20H,8-16H2,1-3H3/t19-,20-. The van der Waals surface area contributed by atoms with Crippen LogP contribution in [-0.2, 0) is 14.8 Å². The van der Waals surface area contributed by atoms with Crippen LogP contribution in [-0.4, -0.2) is 79.4 Å². The highest BCUT2D eigenvalue weighted by Gasteiger charge is 2.43. The van der Waals surface area contributed by atoms with Crippen molar-refractivity contribution in [2.75, 3.05) is 32.7 Å². The molecule has 2 aliphatic rings. The Balaban J connectivity index is 1.69. The van der Waals surface area contributed by atoms with Gasteiger partial charge in [0.2, 0.25) is 15.9 Å². The van der Waals surface area contributed by atoms with Gasteiger partial charge in [0.05, 0.1) is 4.90 Å². The summed E-state index contributed by atoms with van der Waals surface area (Å²) in [6.45, 7) is 7.22. The van der Waals surface area contributed by atoms with Crippen LogP contribution in [0, 0.1) is 12.8 Å². The van der Waals surface area contributed by atoms with Crippen LogP contribution in [0.25, 0.3) is 0 Å². The van der Waals surface area contributed by atoms with E-state index in [2.05, 4.69) is 18.7 Å². The number of amides is 1. The minimum Gasteiger partial charge on any atom is -0.340 e. The second-order valence-corrected chi connectivity index (χ2v) is 11.3. The van der Waals surface area contributed by atoms with Gasteiger partial charge in [-0.25, -0.2) is 8.42 Å². The number of sulfonamides is 1. The Morgan fingerprint density at radius 3 is 2.15 bits per heavy atom. The van der Waals surface area contributed by atoms with Crippen LogP contribution in [0.1, 0.15) is 45.1 Å². The molecule has 186 valence electrons. The van der Waals surface area contributed by atoms with E-state index in [0.717, 1.165) is 13.1 Å². The zero-order valence-corrected chi connectivity index (χ0v) is 20.3. The molecule has 1 amide bonds. The van der Waals surface area contributed by atoms with Crippen molar-refractivity contribution in [3.63, 3.8) is 0 Å². The Bertz CT molecular complexity index is 920. The number of halogens is 3. The topological polar surface area (TPSA) is 60.9 Å². The van der Waals surface area contributed by atoms with Crippen LogP contribution in [0.3, 0.4) is 0 Å². The molecule has 1 saturated carbocycles. The van der Waals surface area contributed by atoms with Crippen molar-refractivity contribution in [2.24, 2.45) is 5.92 Å². The van der Waals surface area contributed by atoms with Gasteiger partial charge in [-0.1, -0.05) is 18.2 Å². The van der Waals surface area contributed by atoms with Crippen molar-refractivity contribution in [2.45, 2.75) is 69.6 Å². The SMILES string of the molecule is Cc1ccccc1S(=O)(=O)N(CC(F)(F)F)[C@H]1CC[C@H](C(=O)N2CCN(C(C)C)CC2)CC1. The number of benzene rings is 1. The Morgan fingerprint density at radius 1 is 1.06 bits per heavy atom. The van der Waals surface area contributed by atoms with E-state index >= 15 is 0 Å². The van der Waals surface area contributed by atoms with E-state index in [-0.39, 0.29) is 29.6 Å². The molecule has 0 radical (unpaired) electrons. The lowest BCUT2D eigenvalue weighted by Crippen LogP contribution is -2.53. The van der Waals surface area contributed by atoms with Crippen molar-refractivity contribution in [1.82, 2.24) is 14.1 Å². The average molecular weight is 490 g/mol. The summed E-state index contributed by atoms with van der Waals surface area (Å²) in [5.74, 6) is -0.221. The first-order valence-electron chi connectivity index (χ1n) is 11.6. The fraction of sp³-hybridized carbons (Fsp3) is 0.696. The minimum atomic E-state index is -4.65. The van der Waals surface area contributed by atoms with Gasteiger partial charge in [0.1, 0.15) is 6.54 Å². The summed E-state index contributed by atoms with van der Waals surface area (Å²) in [5.41, 5.74) is 0.411. The second-order valence-electron chi connectivity index (χ2n) is 9.39. The lowest BCUT2D eigenvalue weighted by molar-refractivity contribution is -0.144. The van der Waals surface area contributed by atoms with E-state index in [9.17, 15) is 26.4 Å². The van der Waals surface area contributed by atoms with Crippen molar-refractivity contribution < 1.29 is 26.4 Å². The monoisotopic (exact) mass is 489 g/mol. The number of hydrogen-bond acceptors (Lipinski definition) is 4. The summed E-state index contributed by atoms with van der Waals surface area (Å²) in [6, 6.07) is 5.74. The number of aryl methyl sites for hydroxylation is 1. The molecule has 1 aliphatic heterocycles. The normalized spacial score (nSPS) is 23.3. The molecule has 33 heavy (non-hydrogen) atoms. The lowest BCUT2D eigenvalue weighted by atomic mass is 9.85. The molecule has 0 bridgehead atoms. The summed E-state index contributed by atoms with van der Waals surface area (Å²) in [7, 11) is -4.32. The first-order valence-corrected chi connectivity index (χ1v) is 13.0. The van der Waals surface area contributed by atoms with Crippen LogP contribution in [0.4, 0.5) is 13.2 Å². The van der Waals surface area contributed by atoms with Gasteiger partial charge in [-0.05, 0) is 58.1 Å². The van der Waals surface area contributed by atoms with Gasteiger partial charge in [0.25, 0.3) is 0 Å². The number of hydrogen-bond donors (Lipinski definition) is 0. The smallest absolute Gasteiger partial charge is 0.340 e. The van der Waals surface area contributed by atoms with E-state index in [1.165, 1.54) is 12.1 Å². The van der Waals surface area contributed by atoms with E-state index in [4.69, 9.17) is 0 Å². The molecule has 1 aromatic carbocycles. The van der Waals surface area contributed by atoms with Gasteiger partial charge in [0, 0.05) is 44.2 Å². The van der Waals surface area contributed by atoms with Gasteiger partial charge in [-0.2, -0.15) is 17.5 Å². The highest BCUT2D eigenvalue weighted by molar-refractivity contribution is 7.89. The molecule has 3 rings (SSSR count). The average Bonchev–Trinajstić information content (AvgIpc) is 2.77. The first-order chi connectivity index (χ1) is 15.4. The predicted molar refractivity (Wildman–Crippen MR) is 120 cm³/mol. The van der Waals surface area contributed by atoms with Gasteiger partial charge in [0.15, 0.2) is 0 Å². The second kappa shape index (κ2) is 10.3. The van der Waals surface area contributed by atoms with Crippen LogP contribution >= 0.6 is 0 Å². The van der Waals surface area contributed by atoms with Gasteiger partial charge in [-0.15, -0.1) is 0 Å². The van der Waals surface area contributed by atoms with Crippen molar-refractivity contribution >= 4 is 15.9 Å². The summed E-state index contributed by atoms with van der Waals surface area (Å²) in [5, 5.41) is 0. The maximum Gasteiger partial charge on any atom is 0.402 e. The van der Waals surface area contributed by atoms with E-state index in [0.29, 0.717) is 41.8 Å². The summed E-state index contributed by atoms with van der Waals surface area (Å²) in [6.07, 6.45) is -3.39. The molecule has 2 fully saturated rings. The van der Waals surface area contributed by atoms with Crippen LogP contribution < -0.4 is 0 Å². The molecule has 0 N–H and O–H groups in total. The third kappa shape index (κ3) is 6.27. The summed E-state index contributed by atoms with van der Waals surface area (Å²) in [4.78, 5) is 17.1. The molecular weight excluding hydrogens is 455 g/mol. The highest BCUT2D eigenvalue weighted by Crippen LogP contribution is 2.35. The number of alkyl halides is 3. The maximum absolute atomic E-state index is 13.4. The molecule has 1 saturated heterocycles. The third-order valence-corrected chi connectivity index (χ3v) is 8.88. The van der Waals surface area contributed by atoms with E-state index < -0.39 is 28.8 Å². The minimum absolute atomic E-state index is 0.0426. The molecule has 6 nitrogen and oxygen atoms in total. The van der Waals surface area contributed by atoms with Gasteiger partial charge in [-0.3, -0.25) is 9.69 Å². The molecule has 0 spiro atoms. The Kier molecular flexibility index (Phi) is 8.11. The molecule has 0 aromatic heterocycles. The maximum atomic E-state index is 13.4. The fourth-order valence-corrected chi connectivity index (χ4v) is 6.78. The van der Waals surface area contributed by atoms with Gasteiger partial charge < -0.3 is 4.90 Å².